The Bertz CT molecular complexity index is 815. The summed E-state index contributed by atoms with van der Waals surface area (Å²) in [5.74, 6) is 0. The minimum Gasteiger partial charge on any atom is -0.243 e. The number of aryl methyl sites for hydroxylation is 1. The standard InChI is InChI=1S/C8H8N2O.C7H5BrN2S/c1-2-6-3-4-7-8(5-6)10-11-9-7;8-4-5-1-2-6-7(3-5)10-11-9-6/h3-5H,2H2,1H3;1-3H,4H2. The Kier molecular flexibility index (Phi) is 4.74. The molecule has 4 aromatic rings. The Morgan fingerprint density at radius 3 is 2.41 bits per heavy atom. The normalized spacial score (nSPS) is 10.6. The highest BCUT2D eigenvalue weighted by atomic mass is 79.9. The fraction of sp³-hybridized carbons (Fsp3) is 0.200. The maximum Gasteiger partial charge on any atom is 0.135 e. The summed E-state index contributed by atoms with van der Waals surface area (Å²) in [6.07, 6.45) is 1.02. The van der Waals surface area contributed by atoms with E-state index in [1.807, 2.05) is 30.3 Å². The zero-order chi connectivity index (χ0) is 15.4. The molecular weight excluding hydrogens is 364 g/mol. The van der Waals surface area contributed by atoms with E-state index in [9.17, 15) is 0 Å². The highest BCUT2D eigenvalue weighted by molar-refractivity contribution is 9.08. The van der Waals surface area contributed by atoms with Gasteiger partial charge in [0, 0.05) is 5.33 Å². The summed E-state index contributed by atoms with van der Waals surface area (Å²) in [6, 6.07) is 12.0. The lowest BCUT2D eigenvalue weighted by Gasteiger charge is -1.91. The quantitative estimate of drug-likeness (QED) is 0.486. The van der Waals surface area contributed by atoms with E-state index in [-0.39, 0.29) is 0 Å². The number of aromatic nitrogens is 4. The van der Waals surface area contributed by atoms with Gasteiger partial charge in [-0.3, -0.25) is 0 Å². The first-order chi connectivity index (χ1) is 10.8. The van der Waals surface area contributed by atoms with E-state index in [1.54, 1.807) is 0 Å². The molecule has 0 saturated carbocycles. The molecule has 0 aliphatic heterocycles. The van der Waals surface area contributed by atoms with Gasteiger partial charge in [0.25, 0.3) is 0 Å². The molecule has 4 rings (SSSR count). The number of hydrogen-bond donors (Lipinski definition) is 0. The third-order valence-corrected chi connectivity index (χ3v) is 4.40. The Morgan fingerprint density at radius 1 is 0.909 bits per heavy atom. The number of hydrogen-bond acceptors (Lipinski definition) is 6. The number of halogens is 1. The molecule has 7 heteroatoms. The largest absolute Gasteiger partial charge is 0.243 e. The lowest BCUT2D eigenvalue weighted by Crippen LogP contribution is -1.78. The van der Waals surface area contributed by atoms with Crippen LogP contribution in [0.25, 0.3) is 22.1 Å². The van der Waals surface area contributed by atoms with Gasteiger partial charge in [0.1, 0.15) is 22.1 Å². The topological polar surface area (TPSA) is 64.7 Å². The molecule has 0 aliphatic carbocycles. The van der Waals surface area contributed by atoms with Crippen molar-refractivity contribution in [2.75, 3.05) is 0 Å². The predicted octanol–water partition coefficient (Wildman–Crippen LogP) is 4.37. The number of rotatable bonds is 2. The van der Waals surface area contributed by atoms with Crippen molar-refractivity contribution in [3.63, 3.8) is 0 Å². The first-order valence-electron chi connectivity index (χ1n) is 6.78. The monoisotopic (exact) mass is 376 g/mol. The molecule has 2 heterocycles. The minimum absolute atomic E-state index is 0.821. The summed E-state index contributed by atoms with van der Waals surface area (Å²) in [5.41, 5.74) is 6.14. The molecule has 0 atom stereocenters. The smallest absolute Gasteiger partial charge is 0.135 e. The van der Waals surface area contributed by atoms with Crippen LogP contribution >= 0.6 is 27.7 Å². The van der Waals surface area contributed by atoms with Gasteiger partial charge in [0.05, 0.1) is 11.7 Å². The van der Waals surface area contributed by atoms with Crippen molar-refractivity contribution in [3.8, 4) is 0 Å². The average Bonchev–Trinajstić information content (AvgIpc) is 3.22. The second-order valence-electron chi connectivity index (χ2n) is 4.66. The van der Waals surface area contributed by atoms with Gasteiger partial charge < -0.3 is 0 Å². The van der Waals surface area contributed by atoms with Gasteiger partial charge in [-0.1, -0.05) is 35.0 Å². The molecule has 0 unspecified atom stereocenters. The molecule has 0 bridgehead atoms. The molecule has 5 nitrogen and oxygen atoms in total. The van der Waals surface area contributed by atoms with Crippen molar-refractivity contribution >= 4 is 49.7 Å². The van der Waals surface area contributed by atoms with Gasteiger partial charge in [0.2, 0.25) is 0 Å². The zero-order valence-corrected chi connectivity index (χ0v) is 14.3. The van der Waals surface area contributed by atoms with Crippen molar-refractivity contribution in [1.29, 1.82) is 0 Å². The van der Waals surface area contributed by atoms with E-state index in [0.29, 0.717) is 0 Å². The van der Waals surface area contributed by atoms with Crippen molar-refractivity contribution in [1.82, 2.24) is 19.1 Å². The van der Waals surface area contributed by atoms with Crippen LogP contribution in [-0.2, 0) is 11.8 Å². The number of fused-ring (bicyclic) bond motifs is 2. The predicted molar refractivity (Wildman–Crippen MR) is 91.2 cm³/mol. The number of benzene rings is 2. The zero-order valence-electron chi connectivity index (χ0n) is 11.9. The molecule has 22 heavy (non-hydrogen) atoms. The van der Waals surface area contributed by atoms with Crippen LogP contribution in [0, 0.1) is 0 Å². The first kappa shape index (κ1) is 15.1. The van der Waals surface area contributed by atoms with Crippen molar-refractivity contribution in [2.24, 2.45) is 0 Å². The summed E-state index contributed by atoms with van der Waals surface area (Å²) in [6.45, 7) is 2.11. The molecule has 0 amide bonds. The maximum absolute atomic E-state index is 4.56. The molecule has 2 aromatic heterocycles. The van der Waals surface area contributed by atoms with Crippen LogP contribution in [0.1, 0.15) is 18.1 Å². The molecule has 112 valence electrons. The fourth-order valence-corrected chi connectivity index (χ4v) is 2.82. The van der Waals surface area contributed by atoms with E-state index in [2.05, 4.69) is 52.6 Å². The van der Waals surface area contributed by atoms with Crippen molar-refractivity contribution < 1.29 is 4.63 Å². The molecule has 0 radical (unpaired) electrons. The summed E-state index contributed by atoms with van der Waals surface area (Å²) in [7, 11) is 0. The van der Waals surface area contributed by atoms with Gasteiger partial charge in [-0.25, -0.2) is 4.63 Å². The second kappa shape index (κ2) is 6.93. The van der Waals surface area contributed by atoms with Gasteiger partial charge in [-0.15, -0.1) is 0 Å². The Balaban J connectivity index is 0.000000131. The molecule has 0 aliphatic rings. The van der Waals surface area contributed by atoms with Crippen LogP contribution in [0.2, 0.25) is 0 Å². The fourth-order valence-electron chi connectivity index (χ4n) is 1.96. The van der Waals surface area contributed by atoms with Gasteiger partial charge >= 0.3 is 0 Å². The van der Waals surface area contributed by atoms with Crippen LogP contribution in [0.4, 0.5) is 0 Å². The SMILES string of the molecule is BrCc1ccc2nsnc2c1.CCc1ccc2nonc2c1. The third kappa shape index (κ3) is 3.31. The average molecular weight is 377 g/mol. The molecule has 0 spiro atoms. The third-order valence-electron chi connectivity index (χ3n) is 3.20. The van der Waals surface area contributed by atoms with Gasteiger partial charge in [-0.2, -0.15) is 8.75 Å². The Morgan fingerprint density at radius 2 is 1.59 bits per heavy atom. The van der Waals surface area contributed by atoms with E-state index in [0.717, 1.165) is 33.8 Å². The lowest BCUT2D eigenvalue weighted by atomic mass is 10.1. The summed E-state index contributed by atoms with van der Waals surface area (Å²) in [5, 5.41) is 8.32. The first-order valence-corrected chi connectivity index (χ1v) is 8.63. The van der Waals surface area contributed by atoms with E-state index < -0.39 is 0 Å². The Labute approximate surface area is 139 Å². The van der Waals surface area contributed by atoms with Crippen LogP contribution in [-0.4, -0.2) is 19.1 Å². The lowest BCUT2D eigenvalue weighted by molar-refractivity contribution is 0.315. The summed E-state index contributed by atoms with van der Waals surface area (Å²) < 4.78 is 12.8. The highest BCUT2D eigenvalue weighted by Crippen LogP contribution is 2.15. The Hall–Kier alpha value is -1.86. The molecule has 0 N–H and O–H groups in total. The maximum atomic E-state index is 4.56. The molecule has 0 fully saturated rings. The van der Waals surface area contributed by atoms with Crippen LogP contribution in [0.3, 0.4) is 0 Å². The van der Waals surface area contributed by atoms with E-state index in [4.69, 9.17) is 0 Å². The minimum atomic E-state index is 0.821. The molecule has 0 saturated heterocycles. The number of nitrogens with zero attached hydrogens (tertiary/aromatic N) is 4. The van der Waals surface area contributed by atoms with E-state index in [1.165, 1.54) is 22.9 Å². The van der Waals surface area contributed by atoms with E-state index >= 15 is 0 Å². The number of alkyl halides is 1. The van der Waals surface area contributed by atoms with Crippen LogP contribution in [0.15, 0.2) is 41.0 Å². The second-order valence-corrected chi connectivity index (χ2v) is 5.75. The highest BCUT2D eigenvalue weighted by Gasteiger charge is 1.99. The van der Waals surface area contributed by atoms with Crippen molar-refractivity contribution in [3.05, 3.63) is 47.5 Å². The molecule has 2 aromatic carbocycles. The molecular formula is C15H13BrN4OS. The van der Waals surface area contributed by atoms with Gasteiger partial charge in [-0.05, 0) is 52.1 Å². The van der Waals surface area contributed by atoms with Crippen LogP contribution < -0.4 is 0 Å². The van der Waals surface area contributed by atoms with Crippen LogP contribution in [0.5, 0.6) is 0 Å². The summed E-state index contributed by atoms with van der Waals surface area (Å²) in [4.78, 5) is 0. The van der Waals surface area contributed by atoms with Crippen molar-refractivity contribution in [2.45, 2.75) is 18.7 Å². The van der Waals surface area contributed by atoms with Gasteiger partial charge in [0.15, 0.2) is 0 Å². The summed E-state index contributed by atoms with van der Waals surface area (Å²) >= 11 is 4.64.